The largest absolute Gasteiger partial charge is 0.371 e. The van der Waals surface area contributed by atoms with Crippen LogP contribution in [0, 0.1) is 10.1 Å². The van der Waals surface area contributed by atoms with E-state index in [-0.39, 0.29) is 17.0 Å². The molecule has 0 spiro atoms. The monoisotopic (exact) mass is 169 g/mol. The molecule has 1 fully saturated rings. The zero-order valence-electron chi connectivity index (χ0n) is 6.64. The summed E-state index contributed by atoms with van der Waals surface area (Å²) in [6, 6.07) is 0.149. The van der Waals surface area contributed by atoms with Gasteiger partial charge in [-0.05, 0) is 6.42 Å². The van der Waals surface area contributed by atoms with Gasteiger partial charge in [-0.1, -0.05) is 0 Å². The van der Waals surface area contributed by atoms with Gasteiger partial charge in [-0.25, -0.2) is 0 Å². The average Bonchev–Trinajstić information content (AvgIpc) is 2.49. The van der Waals surface area contributed by atoms with E-state index >= 15 is 0 Å². The lowest BCUT2D eigenvalue weighted by molar-refractivity contribution is -0.526. The van der Waals surface area contributed by atoms with Crippen molar-refractivity contribution in [2.75, 3.05) is 0 Å². The van der Waals surface area contributed by atoms with Crippen molar-refractivity contribution < 1.29 is 4.92 Å². The lowest BCUT2D eigenvalue weighted by Gasteiger charge is -2.25. The van der Waals surface area contributed by atoms with E-state index in [1.54, 1.807) is 6.34 Å². The summed E-state index contributed by atoms with van der Waals surface area (Å²) in [7, 11) is 0. The third kappa shape index (κ3) is 1.15. The Morgan fingerprint density at radius 3 is 3.17 bits per heavy atom. The van der Waals surface area contributed by atoms with Gasteiger partial charge in [0.1, 0.15) is 0 Å². The summed E-state index contributed by atoms with van der Waals surface area (Å²) < 4.78 is 0. The summed E-state index contributed by atoms with van der Waals surface area (Å²) in [5, 5.41) is 13.5. The molecule has 1 heterocycles. The number of nitrogens with zero attached hydrogens (tertiary/aromatic N) is 2. The third-order valence-corrected chi connectivity index (χ3v) is 2.64. The Balaban J connectivity index is 1.99. The van der Waals surface area contributed by atoms with Gasteiger partial charge in [-0.3, -0.25) is 15.1 Å². The molecule has 3 atom stereocenters. The van der Waals surface area contributed by atoms with Gasteiger partial charge in [0.2, 0.25) is 6.04 Å². The molecule has 3 unspecified atom stereocenters. The topological polar surface area (TPSA) is 67.5 Å². The lowest BCUT2D eigenvalue weighted by atomic mass is 9.88. The third-order valence-electron chi connectivity index (χ3n) is 2.64. The molecule has 1 saturated carbocycles. The predicted molar refractivity (Wildman–Crippen MR) is 43.8 cm³/mol. The zero-order chi connectivity index (χ0) is 8.55. The van der Waals surface area contributed by atoms with E-state index in [2.05, 4.69) is 10.3 Å². The molecule has 0 bridgehead atoms. The summed E-state index contributed by atoms with van der Waals surface area (Å²) in [4.78, 5) is 14.5. The summed E-state index contributed by atoms with van der Waals surface area (Å²) in [6.45, 7) is 0. The van der Waals surface area contributed by atoms with Crippen molar-refractivity contribution in [3.05, 3.63) is 10.1 Å². The van der Waals surface area contributed by atoms with Gasteiger partial charge in [-0.2, -0.15) is 0 Å². The van der Waals surface area contributed by atoms with E-state index < -0.39 is 0 Å². The van der Waals surface area contributed by atoms with Crippen molar-refractivity contribution in [3.8, 4) is 0 Å². The summed E-state index contributed by atoms with van der Waals surface area (Å²) in [5.41, 5.74) is 0. The first-order valence-corrected chi connectivity index (χ1v) is 4.18. The van der Waals surface area contributed by atoms with E-state index in [0.29, 0.717) is 18.9 Å². The van der Waals surface area contributed by atoms with Crippen LogP contribution in [0.2, 0.25) is 0 Å². The van der Waals surface area contributed by atoms with E-state index in [4.69, 9.17) is 0 Å². The SMILES string of the molecule is O=[N+]([O-])C1CCC2N=CNC2C1. The Labute approximate surface area is 70.0 Å². The molecule has 5 heteroatoms. The highest BCUT2D eigenvalue weighted by Crippen LogP contribution is 2.25. The second-order valence-electron chi connectivity index (χ2n) is 3.37. The number of nitrogens with one attached hydrogen (secondary N) is 1. The first kappa shape index (κ1) is 7.52. The minimum absolute atomic E-state index is 0.170. The van der Waals surface area contributed by atoms with E-state index in [0.717, 1.165) is 6.42 Å². The fourth-order valence-corrected chi connectivity index (χ4v) is 1.92. The molecule has 12 heavy (non-hydrogen) atoms. The van der Waals surface area contributed by atoms with Crippen LogP contribution in [0.4, 0.5) is 0 Å². The fourth-order valence-electron chi connectivity index (χ4n) is 1.92. The van der Waals surface area contributed by atoms with Gasteiger partial charge < -0.3 is 5.32 Å². The smallest absolute Gasteiger partial charge is 0.215 e. The van der Waals surface area contributed by atoms with Crippen molar-refractivity contribution in [3.63, 3.8) is 0 Å². The fraction of sp³-hybridized carbons (Fsp3) is 0.857. The molecule has 0 radical (unpaired) electrons. The molecular weight excluding hydrogens is 158 g/mol. The second-order valence-corrected chi connectivity index (χ2v) is 3.37. The number of fused-ring (bicyclic) bond motifs is 1. The first-order chi connectivity index (χ1) is 5.77. The molecule has 2 rings (SSSR count). The molecule has 5 nitrogen and oxygen atoms in total. The molecule has 0 aromatic carbocycles. The van der Waals surface area contributed by atoms with E-state index in [1.165, 1.54) is 0 Å². The van der Waals surface area contributed by atoms with Crippen LogP contribution in [0.1, 0.15) is 19.3 Å². The van der Waals surface area contributed by atoms with Crippen LogP contribution in [-0.4, -0.2) is 29.4 Å². The number of hydrogen-bond acceptors (Lipinski definition) is 4. The van der Waals surface area contributed by atoms with Crippen LogP contribution >= 0.6 is 0 Å². The maximum absolute atomic E-state index is 10.5. The van der Waals surface area contributed by atoms with Gasteiger partial charge in [-0.15, -0.1) is 0 Å². The molecule has 0 aromatic rings. The minimum Gasteiger partial charge on any atom is -0.371 e. The lowest BCUT2D eigenvalue weighted by Crippen LogP contribution is -2.42. The molecule has 1 N–H and O–H groups in total. The molecular formula is C7H11N3O2. The van der Waals surface area contributed by atoms with Crippen LogP contribution in [-0.2, 0) is 0 Å². The van der Waals surface area contributed by atoms with Crippen molar-refractivity contribution in [1.82, 2.24) is 5.32 Å². The molecule has 1 aliphatic heterocycles. The Morgan fingerprint density at radius 1 is 1.58 bits per heavy atom. The van der Waals surface area contributed by atoms with Crippen LogP contribution < -0.4 is 5.32 Å². The quantitative estimate of drug-likeness (QED) is 0.450. The van der Waals surface area contributed by atoms with Crippen LogP contribution in [0.5, 0.6) is 0 Å². The van der Waals surface area contributed by atoms with E-state index in [1.807, 2.05) is 0 Å². The maximum atomic E-state index is 10.5. The predicted octanol–water partition coefficient (Wildman–Crippen LogP) is 0.184. The number of aliphatic imine (C=N–C) groups is 1. The minimum atomic E-state index is -0.361. The number of nitro groups is 1. The average molecular weight is 169 g/mol. The van der Waals surface area contributed by atoms with Gasteiger partial charge in [0.05, 0.1) is 18.4 Å². The Bertz CT molecular complexity index is 229. The summed E-state index contributed by atoms with van der Waals surface area (Å²) in [5.74, 6) is 0. The highest BCUT2D eigenvalue weighted by atomic mass is 16.6. The zero-order valence-corrected chi connectivity index (χ0v) is 6.64. The van der Waals surface area contributed by atoms with Crippen LogP contribution in [0.15, 0.2) is 4.99 Å². The van der Waals surface area contributed by atoms with Crippen LogP contribution in [0.25, 0.3) is 0 Å². The molecule has 0 saturated heterocycles. The molecule has 0 aromatic heterocycles. The maximum Gasteiger partial charge on any atom is 0.215 e. The Morgan fingerprint density at radius 2 is 2.42 bits per heavy atom. The van der Waals surface area contributed by atoms with Gasteiger partial charge in [0.15, 0.2) is 0 Å². The summed E-state index contributed by atoms with van der Waals surface area (Å²) >= 11 is 0. The van der Waals surface area contributed by atoms with Crippen molar-refractivity contribution in [2.24, 2.45) is 4.99 Å². The molecule has 66 valence electrons. The summed E-state index contributed by atoms with van der Waals surface area (Å²) in [6.07, 6.45) is 3.82. The Kier molecular flexibility index (Phi) is 1.71. The van der Waals surface area contributed by atoms with Gasteiger partial charge in [0, 0.05) is 17.8 Å². The second kappa shape index (κ2) is 2.73. The standard InChI is InChI=1S/C7H11N3O2/c11-10(12)5-1-2-6-7(3-5)9-4-8-6/h4-7H,1-3H2,(H,8,9). The number of rotatable bonds is 1. The van der Waals surface area contributed by atoms with E-state index in [9.17, 15) is 10.1 Å². The molecule has 0 amide bonds. The first-order valence-electron chi connectivity index (χ1n) is 4.18. The van der Waals surface area contributed by atoms with Crippen LogP contribution in [0.3, 0.4) is 0 Å². The van der Waals surface area contributed by atoms with Crippen molar-refractivity contribution >= 4 is 6.34 Å². The van der Waals surface area contributed by atoms with Gasteiger partial charge in [0.25, 0.3) is 0 Å². The Hall–Kier alpha value is -1.13. The van der Waals surface area contributed by atoms with Crippen molar-refractivity contribution in [1.29, 1.82) is 0 Å². The number of hydrogen-bond donors (Lipinski definition) is 1. The highest BCUT2D eigenvalue weighted by molar-refractivity contribution is 5.58. The highest BCUT2D eigenvalue weighted by Gasteiger charge is 2.37. The van der Waals surface area contributed by atoms with Crippen molar-refractivity contribution in [2.45, 2.75) is 37.4 Å². The van der Waals surface area contributed by atoms with Gasteiger partial charge >= 0.3 is 0 Å². The molecule has 1 aliphatic carbocycles. The molecule has 2 aliphatic rings. The normalized spacial score (nSPS) is 38.8.